The van der Waals surface area contributed by atoms with E-state index in [0.29, 0.717) is 18.0 Å². The third-order valence-electron chi connectivity index (χ3n) is 2.15. The summed E-state index contributed by atoms with van der Waals surface area (Å²) >= 11 is 0. The summed E-state index contributed by atoms with van der Waals surface area (Å²) < 4.78 is 23.3. The highest BCUT2D eigenvalue weighted by Gasteiger charge is 2.01. The molecule has 0 aliphatic carbocycles. The van der Waals surface area contributed by atoms with E-state index in [2.05, 4.69) is 5.32 Å². The smallest absolute Gasteiger partial charge is 0.128 e. The number of ether oxygens (including phenoxy) is 1. The van der Waals surface area contributed by atoms with Crippen molar-refractivity contribution in [3.05, 3.63) is 48.2 Å². The molecule has 16 heavy (non-hydrogen) atoms. The molecule has 2 rings (SSSR count). The number of methoxy groups -OCH3 is 1. The van der Waals surface area contributed by atoms with Gasteiger partial charge in [0.15, 0.2) is 0 Å². The molecule has 0 radical (unpaired) electrons. The first kappa shape index (κ1) is 10.5. The number of halogens is 1. The average molecular weight is 221 g/mol. The molecule has 1 N–H and O–H groups in total. The van der Waals surface area contributed by atoms with Crippen LogP contribution in [0.5, 0.6) is 5.75 Å². The minimum absolute atomic E-state index is 0.332. The van der Waals surface area contributed by atoms with Gasteiger partial charge >= 0.3 is 0 Å². The van der Waals surface area contributed by atoms with Gasteiger partial charge in [0.25, 0.3) is 0 Å². The van der Waals surface area contributed by atoms with Crippen LogP contribution in [0.3, 0.4) is 0 Å². The van der Waals surface area contributed by atoms with Crippen LogP contribution in [0.1, 0.15) is 5.76 Å². The summed E-state index contributed by atoms with van der Waals surface area (Å²) in [6.45, 7) is 0.513. The van der Waals surface area contributed by atoms with E-state index < -0.39 is 0 Å². The van der Waals surface area contributed by atoms with E-state index in [1.54, 1.807) is 12.3 Å². The molecule has 1 aromatic heterocycles. The van der Waals surface area contributed by atoms with Gasteiger partial charge in [-0.05, 0) is 18.2 Å². The summed E-state index contributed by atoms with van der Waals surface area (Å²) in [6.07, 6.45) is 1.60. The van der Waals surface area contributed by atoms with Gasteiger partial charge in [-0.25, -0.2) is 4.39 Å². The fraction of sp³-hybridized carbons (Fsp3) is 0.167. The van der Waals surface area contributed by atoms with Crippen molar-refractivity contribution in [1.29, 1.82) is 0 Å². The highest BCUT2D eigenvalue weighted by Crippen LogP contribution is 2.20. The van der Waals surface area contributed by atoms with Gasteiger partial charge in [-0.1, -0.05) is 0 Å². The third-order valence-corrected chi connectivity index (χ3v) is 2.15. The summed E-state index contributed by atoms with van der Waals surface area (Å²) in [4.78, 5) is 0. The van der Waals surface area contributed by atoms with Crippen LogP contribution in [0.2, 0.25) is 0 Å². The number of nitrogens with one attached hydrogen (secondary N) is 1. The van der Waals surface area contributed by atoms with Gasteiger partial charge in [0.1, 0.15) is 17.3 Å². The van der Waals surface area contributed by atoms with Crippen molar-refractivity contribution >= 4 is 5.69 Å². The predicted octanol–water partition coefficient (Wildman–Crippen LogP) is 3.04. The summed E-state index contributed by atoms with van der Waals surface area (Å²) in [6, 6.07) is 8.13. The van der Waals surface area contributed by atoms with Gasteiger partial charge in [-0.3, -0.25) is 0 Å². The second-order valence-corrected chi connectivity index (χ2v) is 3.31. The topological polar surface area (TPSA) is 34.4 Å². The molecule has 0 aliphatic heterocycles. The maximum absolute atomic E-state index is 13.1. The van der Waals surface area contributed by atoms with Gasteiger partial charge in [-0.2, -0.15) is 0 Å². The highest BCUT2D eigenvalue weighted by molar-refractivity contribution is 5.48. The minimum Gasteiger partial charge on any atom is -0.497 e. The van der Waals surface area contributed by atoms with Crippen molar-refractivity contribution in [3.8, 4) is 5.75 Å². The van der Waals surface area contributed by atoms with Crippen molar-refractivity contribution in [2.75, 3.05) is 12.4 Å². The number of benzene rings is 1. The fourth-order valence-corrected chi connectivity index (χ4v) is 1.38. The number of furan rings is 1. The van der Waals surface area contributed by atoms with Gasteiger partial charge in [0, 0.05) is 17.8 Å². The first-order valence-electron chi connectivity index (χ1n) is 4.89. The lowest BCUT2D eigenvalue weighted by atomic mass is 10.3. The van der Waals surface area contributed by atoms with Crippen LogP contribution in [-0.2, 0) is 6.54 Å². The van der Waals surface area contributed by atoms with Gasteiger partial charge in [0.05, 0.1) is 19.9 Å². The molecule has 1 aromatic carbocycles. The van der Waals surface area contributed by atoms with Crippen LogP contribution in [0, 0.1) is 5.82 Å². The zero-order valence-electron chi connectivity index (χ0n) is 8.87. The summed E-state index contributed by atoms with van der Waals surface area (Å²) in [5, 5.41) is 3.05. The lowest BCUT2D eigenvalue weighted by Crippen LogP contribution is -1.99. The number of anilines is 1. The standard InChI is InChI=1S/C12H12FNO2/c1-15-12-6-9(13)5-10(7-12)14-8-11-3-2-4-16-11/h2-7,14H,8H2,1H3. The molecule has 0 aliphatic rings. The fourth-order valence-electron chi connectivity index (χ4n) is 1.38. The van der Waals surface area contributed by atoms with E-state index in [1.165, 1.54) is 19.2 Å². The zero-order chi connectivity index (χ0) is 11.4. The summed E-state index contributed by atoms with van der Waals surface area (Å²) in [5.41, 5.74) is 0.660. The Balaban J connectivity index is 2.06. The lowest BCUT2D eigenvalue weighted by Gasteiger charge is -2.07. The van der Waals surface area contributed by atoms with Gasteiger partial charge < -0.3 is 14.5 Å². The van der Waals surface area contributed by atoms with Crippen LogP contribution < -0.4 is 10.1 Å². The molecule has 0 spiro atoms. The van der Waals surface area contributed by atoms with Crippen LogP contribution in [0.4, 0.5) is 10.1 Å². The Hall–Kier alpha value is -1.97. The van der Waals surface area contributed by atoms with E-state index in [9.17, 15) is 4.39 Å². The van der Waals surface area contributed by atoms with Crippen LogP contribution in [0.25, 0.3) is 0 Å². The van der Waals surface area contributed by atoms with Crippen molar-refractivity contribution in [2.45, 2.75) is 6.54 Å². The van der Waals surface area contributed by atoms with E-state index in [1.807, 2.05) is 12.1 Å². The monoisotopic (exact) mass is 221 g/mol. The number of hydrogen-bond donors (Lipinski definition) is 1. The molecular weight excluding hydrogens is 209 g/mol. The quantitative estimate of drug-likeness (QED) is 0.861. The largest absolute Gasteiger partial charge is 0.497 e. The molecule has 0 amide bonds. The molecule has 0 saturated carbocycles. The van der Waals surface area contributed by atoms with Gasteiger partial charge in [-0.15, -0.1) is 0 Å². The van der Waals surface area contributed by atoms with Crippen molar-refractivity contribution in [1.82, 2.24) is 0 Å². The molecular formula is C12H12FNO2. The van der Waals surface area contributed by atoms with E-state index in [0.717, 1.165) is 5.76 Å². The molecule has 0 fully saturated rings. The highest BCUT2D eigenvalue weighted by atomic mass is 19.1. The van der Waals surface area contributed by atoms with Crippen molar-refractivity contribution < 1.29 is 13.5 Å². The van der Waals surface area contributed by atoms with Crippen LogP contribution >= 0.6 is 0 Å². The SMILES string of the molecule is COc1cc(F)cc(NCc2ccco2)c1. The molecule has 0 bridgehead atoms. The molecule has 84 valence electrons. The van der Waals surface area contributed by atoms with E-state index in [-0.39, 0.29) is 5.82 Å². The second-order valence-electron chi connectivity index (χ2n) is 3.31. The average Bonchev–Trinajstić information content (AvgIpc) is 2.78. The third kappa shape index (κ3) is 2.53. The Bertz CT molecular complexity index is 454. The van der Waals surface area contributed by atoms with Crippen LogP contribution in [0.15, 0.2) is 41.0 Å². The number of hydrogen-bond acceptors (Lipinski definition) is 3. The second kappa shape index (κ2) is 4.70. The Labute approximate surface area is 92.8 Å². The predicted molar refractivity (Wildman–Crippen MR) is 59.0 cm³/mol. The summed E-state index contributed by atoms with van der Waals surface area (Å²) in [5.74, 6) is 0.950. The molecule has 4 heteroatoms. The van der Waals surface area contributed by atoms with E-state index in [4.69, 9.17) is 9.15 Å². The zero-order valence-corrected chi connectivity index (χ0v) is 8.87. The van der Waals surface area contributed by atoms with Crippen molar-refractivity contribution in [2.24, 2.45) is 0 Å². The maximum atomic E-state index is 13.1. The van der Waals surface area contributed by atoms with Crippen LogP contribution in [-0.4, -0.2) is 7.11 Å². The Morgan fingerprint density at radius 1 is 1.38 bits per heavy atom. The molecule has 0 saturated heterocycles. The normalized spacial score (nSPS) is 10.1. The molecule has 1 heterocycles. The van der Waals surface area contributed by atoms with Gasteiger partial charge in [0.2, 0.25) is 0 Å². The molecule has 0 unspecified atom stereocenters. The molecule has 2 aromatic rings. The Kier molecular flexibility index (Phi) is 3.10. The number of rotatable bonds is 4. The first-order chi connectivity index (χ1) is 7.78. The first-order valence-corrected chi connectivity index (χ1v) is 4.89. The van der Waals surface area contributed by atoms with E-state index >= 15 is 0 Å². The maximum Gasteiger partial charge on any atom is 0.128 e. The molecule has 0 atom stereocenters. The van der Waals surface area contributed by atoms with Crippen molar-refractivity contribution in [3.63, 3.8) is 0 Å². The molecule has 3 nitrogen and oxygen atoms in total. The Morgan fingerprint density at radius 2 is 2.25 bits per heavy atom. The minimum atomic E-state index is -0.332. The lowest BCUT2D eigenvalue weighted by molar-refractivity contribution is 0.411. The Morgan fingerprint density at radius 3 is 2.94 bits per heavy atom. The summed E-state index contributed by atoms with van der Waals surface area (Å²) in [7, 11) is 1.51.